The van der Waals surface area contributed by atoms with Crippen LogP contribution in [0.5, 0.6) is 5.75 Å². The molecule has 19 heavy (non-hydrogen) atoms. The average Bonchev–Trinajstić information content (AvgIpc) is 3.00. The van der Waals surface area contributed by atoms with Gasteiger partial charge in [0, 0.05) is 11.1 Å². The van der Waals surface area contributed by atoms with Crippen LogP contribution in [-0.4, -0.2) is 12.6 Å². The number of anilines is 1. The van der Waals surface area contributed by atoms with Gasteiger partial charge >= 0.3 is 0 Å². The van der Waals surface area contributed by atoms with E-state index < -0.39 is 0 Å². The molecule has 1 aromatic carbocycles. The number of benzene rings is 1. The van der Waals surface area contributed by atoms with E-state index in [1.807, 2.05) is 18.2 Å². The summed E-state index contributed by atoms with van der Waals surface area (Å²) in [7, 11) is 0. The molecule has 0 aliphatic heterocycles. The lowest BCUT2D eigenvalue weighted by atomic mass is 9.95. The predicted molar refractivity (Wildman–Crippen MR) is 80.1 cm³/mol. The van der Waals surface area contributed by atoms with Crippen molar-refractivity contribution in [2.45, 2.75) is 45.1 Å². The van der Waals surface area contributed by atoms with Crippen molar-refractivity contribution in [3.63, 3.8) is 0 Å². The minimum atomic E-state index is 0.612. The van der Waals surface area contributed by atoms with E-state index >= 15 is 0 Å². The van der Waals surface area contributed by atoms with E-state index in [9.17, 15) is 0 Å². The average molecular weight is 280 g/mol. The van der Waals surface area contributed by atoms with Crippen molar-refractivity contribution in [3.8, 4) is 5.75 Å². The van der Waals surface area contributed by atoms with Gasteiger partial charge in [0.05, 0.1) is 12.3 Å². The summed E-state index contributed by atoms with van der Waals surface area (Å²) in [6, 6.07) is 6.49. The van der Waals surface area contributed by atoms with Crippen molar-refractivity contribution >= 4 is 17.3 Å². The highest BCUT2D eigenvalue weighted by molar-refractivity contribution is 6.30. The third-order valence-corrected chi connectivity index (χ3v) is 4.72. The maximum Gasteiger partial charge on any atom is 0.142 e. The molecule has 104 valence electrons. The van der Waals surface area contributed by atoms with Gasteiger partial charge in [-0.3, -0.25) is 0 Å². The van der Waals surface area contributed by atoms with Gasteiger partial charge in [-0.25, -0.2) is 0 Å². The van der Waals surface area contributed by atoms with Gasteiger partial charge in [0.25, 0.3) is 0 Å². The van der Waals surface area contributed by atoms with Crippen molar-refractivity contribution in [2.24, 2.45) is 11.8 Å². The molecule has 3 atom stereocenters. The lowest BCUT2D eigenvalue weighted by Gasteiger charge is -2.25. The first-order valence-electron chi connectivity index (χ1n) is 7.45. The molecule has 2 saturated carbocycles. The van der Waals surface area contributed by atoms with Crippen LogP contribution in [0.25, 0.3) is 0 Å². The van der Waals surface area contributed by atoms with Crippen LogP contribution in [0.15, 0.2) is 18.2 Å². The largest absolute Gasteiger partial charge is 0.491 e. The molecule has 3 heteroatoms. The molecule has 0 aromatic heterocycles. The summed E-state index contributed by atoms with van der Waals surface area (Å²) in [6.07, 6.45) is 6.55. The van der Waals surface area contributed by atoms with Crippen LogP contribution in [0.2, 0.25) is 5.02 Å². The Morgan fingerprint density at radius 1 is 1.32 bits per heavy atom. The molecule has 2 bridgehead atoms. The molecule has 0 saturated heterocycles. The first-order chi connectivity index (χ1) is 9.26. The SMILES string of the molecule is CCCOc1ccc(Cl)cc1NC1CC2CCC1C2. The second-order valence-electron chi connectivity index (χ2n) is 5.91. The zero-order chi connectivity index (χ0) is 13.2. The summed E-state index contributed by atoms with van der Waals surface area (Å²) < 4.78 is 5.81. The summed E-state index contributed by atoms with van der Waals surface area (Å²) in [5, 5.41) is 4.45. The molecular formula is C16H22ClNO. The molecule has 0 heterocycles. The van der Waals surface area contributed by atoms with Crippen LogP contribution in [0, 0.1) is 11.8 Å². The monoisotopic (exact) mass is 279 g/mol. The second kappa shape index (κ2) is 5.62. The summed E-state index contributed by atoms with van der Waals surface area (Å²) in [5.74, 6) is 2.73. The maximum absolute atomic E-state index is 6.12. The Bertz CT molecular complexity index is 448. The number of hydrogen-bond acceptors (Lipinski definition) is 2. The van der Waals surface area contributed by atoms with E-state index in [4.69, 9.17) is 16.3 Å². The number of halogens is 1. The zero-order valence-corrected chi connectivity index (χ0v) is 12.2. The van der Waals surface area contributed by atoms with Crippen molar-refractivity contribution in [2.75, 3.05) is 11.9 Å². The minimum absolute atomic E-state index is 0.612. The first kappa shape index (κ1) is 13.1. The van der Waals surface area contributed by atoms with Gasteiger partial charge in [-0.1, -0.05) is 24.9 Å². The first-order valence-corrected chi connectivity index (χ1v) is 7.83. The Labute approximate surface area is 120 Å². The fourth-order valence-corrected chi connectivity index (χ4v) is 3.75. The highest BCUT2D eigenvalue weighted by Gasteiger charge is 2.39. The van der Waals surface area contributed by atoms with Gasteiger partial charge in [-0.05, 0) is 55.7 Å². The van der Waals surface area contributed by atoms with Crippen LogP contribution >= 0.6 is 11.6 Å². The fraction of sp³-hybridized carbons (Fsp3) is 0.625. The lowest BCUT2D eigenvalue weighted by molar-refractivity contribution is 0.318. The van der Waals surface area contributed by atoms with E-state index in [-0.39, 0.29) is 0 Å². The number of hydrogen-bond donors (Lipinski definition) is 1. The number of rotatable bonds is 5. The van der Waals surface area contributed by atoms with Crippen molar-refractivity contribution in [1.29, 1.82) is 0 Å². The predicted octanol–water partition coefficient (Wildman–Crippen LogP) is 4.73. The van der Waals surface area contributed by atoms with Crippen LogP contribution in [0.4, 0.5) is 5.69 Å². The molecule has 0 radical (unpaired) electrons. The molecule has 1 N–H and O–H groups in total. The Balaban J connectivity index is 1.73. The van der Waals surface area contributed by atoms with E-state index in [1.54, 1.807) is 0 Å². The molecule has 0 spiro atoms. The lowest BCUT2D eigenvalue weighted by Crippen LogP contribution is -2.26. The van der Waals surface area contributed by atoms with E-state index in [0.29, 0.717) is 6.04 Å². The van der Waals surface area contributed by atoms with Gasteiger partial charge in [-0.15, -0.1) is 0 Å². The third kappa shape index (κ3) is 2.84. The highest BCUT2D eigenvalue weighted by Crippen LogP contribution is 2.46. The molecular weight excluding hydrogens is 258 g/mol. The fourth-order valence-electron chi connectivity index (χ4n) is 3.57. The van der Waals surface area contributed by atoms with Crippen LogP contribution < -0.4 is 10.1 Å². The molecule has 2 aliphatic carbocycles. The highest BCUT2D eigenvalue weighted by atomic mass is 35.5. The minimum Gasteiger partial charge on any atom is -0.491 e. The van der Waals surface area contributed by atoms with Gasteiger partial charge in [0.1, 0.15) is 5.75 Å². The molecule has 3 unspecified atom stereocenters. The molecule has 3 rings (SSSR count). The standard InChI is InChI=1S/C16H22ClNO/c1-2-7-19-16-6-5-13(17)10-15(16)18-14-9-11-3-4-12(14)8-11/h5-6,10-12,14,18H,2-4,7-9H2,1H3. The summed E-state index contributed by atoms with van der Waals surface area (Å²) in [5.41, 5.74) is 1.07. The van der Waals surface area contributed by atoms with Gasteiger partial charge in [0.2, 0.25) is 0 Å². The number of fused-ring (bicyclic) bond motifs is 2. The van der Waals surface area contributed by atoms with E-state index in [1.165, 1.54) is 25.7 Å². The molecule has 2 aliphatic rings. The Morgan fingerprint density at radius 2 is 2.21 bits per heavy atom. The quantitative estimate of drug-likeness (QED) is 0.841. The van der Waals surface area contributed by atoms with E-state index in [0.717, 1.165) is 41.3 Å². The molecule has 0 amide bonds. The molecule has 1 aromatic rings. The van der Waals surface area contributed by atoms with Crippen molar-refractivity contribution < 1.29 is 4.74 Å². The summed E-state index contributed by atoms with van der Waals surface area (Å²) >= 11 is 6.12. The van der Waals surface area contributed by atoms with E-state index in [2.05, 4.69) is 12.2 Å². The normalized spacial score (nSPS) is 28.6. The van der Waals surface area contributed by atoms with Crippen LogP contribution in [0.1, 0.15) is 39.0 Å². The van der Waals surface area contributed by atoms with Crippen LogP contribution in [-0.2, 0) is 0 Å². The number of ether oxygens (including phenoxy) is 1. The van der Waals surface area contributed by atoms with Crippen molar-refractivity contribution in [1.82, 2.24) is 0 Å². The van der Waals surface area contributed by atoms with Gasteiger partial charge in [-0.2, -0.15) is 0 Å². The van der Waals surface area contributed by atoms with Crippen LogP contribution in [0.3, 0.4) is 0 Å². The zero-order valence-electron chi connectivity index (χ0n) is 11.5. The second-order valence-corrected chi connectivity index (χ2v) is 6.35. The maximum atomic E-state index is 6.12. The number of nitrogens with one attached hydrogen (secondary N) is 1. The summed E-state index contributed by atoms with van der Waals surface area (Å²) in [6.45, 7) is 2.88. The molecule has 2 fully saturated rings. The van der Waals surface area contributed by atoms with Gasteiger partial charge < -0.3 is 10.1 Å². The third-order valence-electron chi connectivity index (χ3n) is 4.48. The van der Waals surface area contributed by atoms with Gasteiger partial charge in [0.15, 0.2) is 0 Å². The smallest absolute Gasteiger partial charge is 0.142 e. The summed E-state index contributed by atoms with van der Waals surface area (Å²) in [4.78, 5) is 0. The Hall–Kier alpha value is -0.890. The topological polar surface area (TPSA) is 21.3 Å². The Morgan fingerprint density at radius 3 is 2.89 bits per heavy atom. The Kier molecular flexibility index (Phi) is 3.88. The van der Waals surface area contributed by atoms with Crippen molar-refractivity contribution in [3.05, 3.63) is 23.2 Å². The molecule has 2 nitrogen and oxygen atoms in total.